The van der Waals surface area contributed by atoms with E-state index in [1.807, 2.05) is 6.92 Å². The summed E-state index contributed by atoms with van der Waals surface area (Å²) in [6, 6.07) is 4.44. The van der Waals surface area contributed by atoms with Crippen molar-refractivity contribution in [2.75, 3.05) is 43.5 Å². The van der Waals surface area contributed by atoms with E-state index in [-0.39, 0.29) is 72.3 Å². The standard InChI is InChI=1S/C34H35ClF2N6O3S/c1-17-11-34(8-4-9-42(34)14-17)16-46-32-40-27-24-28(45-15-18-12-33(2,44)7-3-10-43(18)31(24)41-32)25(35)23(26(27)37)19-5-6-21(36)29-22(19)20(13-38)30(39)47-29/h5-6,17-18,44H,3-4,7-12,14-16,39H2,1-2H3/t17-,18?,33?,34+/m1/s1. The van der Waals surface area contributed by atoms with Crippen molar-refractivity contribution in [2.45, 2.75) is 69.6 Å². The summed E-state index contributed by atoms with van der Waals surface area (Å²) in [6.45, 7) is 7.21. The monoisotopic (exact) mass is 680 g/mol. The number of hydrogen-bond donors (Lipinski definition) is 2. The number of aliphatic hydroxyl groups is 1. The van der Waals surface area contributed by atoms with Gasteiger partial charge in [0.05, 0.1) is 37.9 Å². The van der Waals surface area contributed by atoms with Crippen LogP contribution in [0.1, 0.15) is 57.9 Å². The zero-order valence-electron chi connectivity index (χ0n) is 26.2. The van der Waals surface area contributed by atoms with Crippen molar-refractivity contribution in [1.82, 2.24) is 14.9 Å². The number of nitrogen functional groups attached to an aromatic ring is 1. The number of halogens is 3. The summed E-state index contributed by atoms with van der Waals surface area (Å²) >= 11 is 7.99. The van der Waals surface area contributed by atoms with Gasteiger partial charge in [-0.05, 0) is 69.5 Å². The number of aromatic nitrogens is 2. The normalized spacial score (nSPS) is 27.3. The first-order chi connectivity index (χ1) is 22.5. The molecule has 4 aliphatic rings. The van der Waals surface area contributed by atoms with Crippen LogP contribution in [0.4, 0.5) is 19.6 Å². The van der Waals surface area contributed by atoms with Crippen LogP contribution in [0.2, 0.25) is 5.02 Å². The summed E-state index contributed by atoms with van der Waals surface area (Å²) < 4.78 is 45.1. The molecule has 3 N–H and O–H groups in total. The molecule has 0 radical (unpaired) electrons. The molecule has 0 spiro atoms. The van der Waals surface area contributed by atoms with Gasteiger partial charge in [0.2, 0.25) is 0 Å². The molecule has 0 amide bonds. The van der Waals surface area contributed by atoms with Crippen LogP contribution in [0.15, 0.2) is 12.1 Å². The number of nitrogens with two attached hydrogens (primary N) is 1. The fourth-order valence-corrected chi connectivity index (χ4v) is 9.83. The zero-order valence-corrected chi connectivity index (χ0v) is 27.8. The molecule has 9 nitrogen and oxygen atoms in total. The van der Waals surface area contributed by atoms with E-state index in [0.717, 1.165) is 43.7 Å². The molecule has 0 saturated carbocycles. The summed E-state index contributed by atoms with van der Waals surface area (Å²) in [5.74, 6) is -0.157. The molecule has 3 fully saturated rings. The van der Waals surface area contributed by atoms with Gasteiger partial charge in [0.1, 0.15) is 41.4 Å². The summed E-state index contributed by atoms with van der Waals surface area (Å²) in [6.07, 6.45) is 4.81. The van der Waals surface area contributed by atoms with Crippen molar-refractivity contribution < 1.29 is 23.4 Å². The van der Waals surface area contributed by atoms with Gasteiger partial charge in [-0.25, -0.2) is 8.78 Å². The van der Waals surface area contributed by atoms with Gasteiger partial charge in [-0.15, -0.1) is 11.3 Å². The molecule has 0 bridgehead atoms. The van der Waals surface area contributed by atoms with Gasteiger partial charge in [0.15, 0.2) is 11.6 Å². The molecule has 6 heterocycles. The van der Waals surface area contributed by atoms with Gasteiger partial charge in [0, 0.05) is 24.0 Å². The van der Waals surface area contributed by atoms with Gasteiger partial charge in [0.25, 0.3) is 0 Å². The minimum atomic E-state index is -0.929. The molecule has 0 aliphatic carbocycles. The second kappa shape index (κ2) is 11.0. The first-order valence-electron chi connectivity index (χ1n) is 16.1. The van der Waals surface area contributed by atoms with Crippen LogP contribution in [0.5, 0.6) is 11.8 Å². The fourth-order valence-electron chi connectivity index (χ4n) is 8.55. The lowest BCUT2D eigenvalue weighted by atomic mass is 9.92. The number of fused-ring (bicyclic) bond motifs is 4. The van der Waals surface area contributed by atoms with E-state index >= 15 is 8.78 Å². The average molecular weight is 681 g/mol. The smallest absolute Gasteiger partial charge is 0.319 e. The van der Waals surface area contributed by atoms with Crippen LogP contribution in [0, 0.1) is 28.9 Å². The number of nitriles is 1. The molecule has 3 saturated heterocycles. The maximum absolute atomic E-state index is 17.2. The molecule has 2 unspecified atom stereocenters. The molecule has 4 atom stereocenters. The van der Waals surface area contributed by atoms with Crippen molar-refractivity contribution in [1.29, 1.82) is 5.26 Å². The van der Waals surface area contributed by atoms with Gasteiger partial charge >= 0.3 is 6.01 Å². The van der Waals surface area contributed by atoms with E-state index in [9.17, 15) is 10.4 Å². The predicted octanol–water partition coefficient (Wildman–Crippen LogP) is 6.65. The van der Waals surface area contributed by atoms with Crippen molar-refractivity contribution >= 4 is 54.7 Å². The highest BCUT2D eigenvalue weighted by Gasteiger charge is 2.48. The highest BCUT2D eigenvalue weighted by atomic mass is 35.5. The second-order valence-electron chi connectivity index (χ2n) is 14.0. The minimum absolute atomic E-state index is 0.0417. The number of nitrogens with zero attached hydrogens (tertiary/aromatic N) is 5. The summed E-state index contributed by atoms with van der Waals surface area (Å²) in [7, 11) is 0. The first-order valence-corrected chi connectivity index (χ1v) is 17.3. The maximum Gasteiger partial charge on any atom is 0.319 e. The van der Waals surface area contributed by atoms with Crippen LogP contribution in [-0.4, -0.2) is 70.0 Å². The van der Waals surface area contributed by atoms with Crippen LogP contribution in [0.25, 0.3) is 32.1 Å². The highest BCUT2D eigenvalue weighted by molar-refractivity contribution is 7.23. The summed E-state index contributed by atoms with van der Waals surface area (Å²) in [5, 5.41) is 21.7. The molecular formula is C34H35ClF2N6O3S. The highest BCUT2D eigenvalue weighted by Crippen LogP contribution is 2.52. The molecule has 246 valence electrons. The van der Waals surface area contributed by atoms with E-state index in [0.29, 0.717) is 49.5 Å². The lowest BCUT2D eigenvalue weighted by molar-refractivity contribution is 0.0361. The van der Waals surface area contributed by atoms with E-state index in [4.69, 9.17) is 31.8 Å². The van der Waals surface area contributed by atoms with Gasteiger partial charge in [-0.2, -0.15) is 15.2 Å². The van der Waals surface area contributed by atoms with Crippen LogP contribution < -0.4 is 20.1 Å². The van der Waals surface area contributed by atoms with E-state index in [1.165, 1.54) is 12.1 Å². The third-order valence-corrected chi connectivity index (χ3v) is 11.9. The molecule has 2 aromatic heterocycles. The Morgan fingerprint density at radius 2 is 2.02 bits per heavy atom. The number of benzene rings is 2. The van der Waals surface area contributed by atoms with Crippen LogP contribution >= 0.6 is 22.9 Å². The predicted molar refractivity (Wildman–Crippen MR) is 178 cm³/mol. The average Bonchev–Trinajstić information content (AvgIpc) is 3.60. The Hall–Kier alpha value is -3.50. The third kappa shape index (κ3) is 4.80. The fraction of sp³-hybridized carbons (Fsp3) is 0.500. The molecular weight excluding hydrogens is 646 g/mol. The first kappa shape index (κ1) is 30.8. The number of rotatable bonds is 4. The maximum atomic E-state index is 17.2. The van der Waals surface area contributed by atoms with E-state index in [2.05, 4.69) is 27.8 Å². The molecule has 47 heavy (non-hydrogen) atoms. The number of thiophene rings is 1. The quantitative estimate of drug-likeness (QED) is 0.244. The van der Waals surface area contributed by atoms with Crippen molar-refractivity contribution in [3.63, 3.8) is 0 Å². The topological polar surface area (TPSA) is 121 Å². The lowest BCUT2D eigenvalue weighted by Gasteiger charge is -2.32. The van der Waals surface area contributed by atoms with Gasteiger partial charge in [-0.3, -0.25) is 4.90 Å². The molecule has 8 rings (SSSR count). The third-order valence-electron chi connectivity index (χ3n) is 10.5. The Balaban J connectivity index is 1.35. The van der Waals surface area contributed by atoms with E-state index in [1.54, 1.807) is 0 Å². The Bertz CT molecular complexity index is 2000. The second-order valence-corrected chi connectivity index (χ2v) is 15.4. The number of anilines is 2. The Labute approximate surface area is 279 Å². The summed E-state index contributed by atoms with van der Waals surface area (Å²) in [4.78, 5) is 14.1. The largest absolute Gasteiger partial charge is 0.489 e. The summed E-state index contributed by atoms with van der Waals surface area (Å²) in [5.41, 5.74) is 5.22. The number of hydrogen-bond acceptors (Lipinski definition) is 10. The van der Waals surface area contributed by atoms with Crippen molar-refractivity contribution in [3.8, 4) is 29.0 Å². The van der Waals surface area contributed by atoms with Crippen molar-refractivity contribution in [2.24, 2.45) is 5.92 Å². The SMILES string of the molecule is C[C@H]1CN2CCC[C@@]2(COc2nc3c4c(c(Cl)c(-c5ccc(F)c6sc(N)c(C#N)c56)c(F)c4n2)OCC2CC(C)(O)CCCN32)C1. The lowest BCUT2D eigenvalue weighted by Crippen LogP contribution is -2.43. The van der Waals surface area contributed by atoms with Gasteiger partial charge in [-0.1, -0.05) is 24.6 Å². The zero-order chi connectivity index (χ0) is 32.8. The Morgan fingerprint density at radius 3 is 2.83 bits per heavy atom. The van der Waals surface area contributed by atoms with Crippen LogP contribution in [0.3, 0.4) is 0 Å². The van der Waals surface area contributed by atoms with Gasteiger partial charge < -0.3 is 25.2 Å². The Morgan fingerprint density at radius 1 is 1.21 bits per heavy atom. The Kier molecular flexibility index (Phi) is 7.22. The molecule has 13 heteroatoms. The van der Waals surface area contributed by atoms with Crippen LogP contribution in [-0.2, 0) is 0 Å². The molecule has 2 aromatic carbocycles. The molecule has 4 aliphatic heterocycles. The van der Waals surface area contributed by atoms with Crippen molar-refractivity contribution in [3.05, 3.63) is 34.4 Å². The molecule has 4 aromatic rings. The number of ether oxygens (including phenoxy) is 2. The minimum Gasteiger partial charge on any atom is -0.489 e. The van der Waals surface area contributed by atoms with E-state index < -0.39 is 17.2 Å².